The third-order valence-electron chi connectivity index (χ3n) is 5.25. The number of rotatable bonds is 7. The average molecular weight is 416 g/mol. The molecular formula is C26H26FN3O. The molecule has 0 aliphatic rings. The maximum atomic E-state index is 13.1. The minimum absolute atomic E-state index is 0.0144. The summed E-state index contributed by atoms with van der Waals surface area (Å²) in [4.78, 5) is 12.5. The predicted octanol–water partition coefficient (Wildman–Crippen LogP) is 6.12. The van der Waals surface area contributed by atoms with E-state index < -0.39 is 5.91 Å². The van der Waals surface area contributed by atoms with Crippen LogP contribution in [0, 0.1) is 31.0 Å². The molecule has 1 amide bonds. The number of aryl methyl sites for hydroxylation is 2. The van der Waals surface area contributed by atoms with Gasteiger partial charge in [-0.05, 0) is 86.4 Å². The van der Waals surface area contributed by atoms with E-state index in [1.54, 1.807) is 6.08 Å². The van der Waals surface area contributed by atoms with Crippen LogP contribution in [0.5, 0.6) is 0 Å². The number of halogens is 1. The van der Waals surface area contributed by atoms with Crippen LogP contribution in [0.15, 0.2) is 60.2 Å². The second-order valence-electron chi connectivity index (χ2n) is 7.56. The van der Waals surface area contributed by atoms with Gasteiger partial charge >= 0.3 is 0 Å². The Bertz CT molecular complexity index is 1130. The summed E-state index contributed by atoms with van der Waals surface area (Å²) in [5.41, 5.74) is 5.54. The maximum Gasteiger partial charge on any atom is 0.266 e. The third kappa shape index (κ3) is 5.29. The van der Waals surface area contributed by atoms with Crippen molar-refractivity contribution in [3.63, 3.8) is 0 Å². The molecule has 4 nitrogen and oxygen atoms in total. The number of hydrogen-bond acceptors (Lipinski definition) is 2. The SMILES string of the molecule is CCCCc1ccc(-n2c(C)cc(/C=C(\C#N)C(=O)Nc3ccc(F)cc3)c2C)cc1. The van der Waals surface area contributed by atoms with Crippen molar-refractivity contribution in [3.05, 3.63) is 88.5 Å². The van der Waals surface area contributed by atoms with E-state index in [9.17, 15) is 14.4 Å². The monoisotopic (exact) mass is 415 g/mol. The van der Waals surface area contributed by atoms with Gasteiger partial charge in [0.25, 0.3) is 5.91 Å². The first kappa shape index (κ1) is 22.0. The van der Waals surface area contributed by atoms with Crippen LogP contribution >= 0.6 is 0 Å². The van der Waals surface area contributed by atoms with Gasteiger partial charge < -0.3 is 9.88 Å². The largest absolute Gasteiger partial charge is 0.321 e. The number of unbranched alkanes of at least 4 members (excludes halogenated alkanes) is 1. The van der Waals surface area contributed by atoms with E-state index in [4.69, 9.17) is 0 Å². The molecular weight excluding hydrogens is 389 g/mol. The Morgan fingerprint density at radius 2 is 1.81 bits per heavy atom. The smallest absolute Gasteiger partial charge is 0.266 e. The van der Waals surface area contributed by atoms with Gasteiger partial charge in [0.1, 0.15) is 17.5 Å². The fourth-order valence-electron chi connectivity index (χ4n) is 3.56. The van der Waals surface area contributed by atoms with E-state index in [2.05, 4.69) is 41.1 Å². The lowest BCUT2D eigenvalue weighted by Gasteiger charge is -2.11. The van der Waals surface area contributed by atoms with Crippen molar-refractivity contribution in [1.29, 1.82) is 5.26 Å². The Morgan fingerprint density at radius 1 is 1.13 bits per heavy atom. The number of nitrogens with one attached hydrogen (secondary N) is 1. The number of benzene rings is 2. The first-order valence-electron chi connectivity index (χ1n) is 10.4. The number of anilines is 1. The Balaban J connectivity index is 1.85. The first-order valence-corrected chi connectivity index (χ1v) is 10.4. The highest BCUT2D eigenvalue weighted by molar-refractivity contribution is 6.09. The first-order chi connectivity index (χ1) is 14.9. The molecule has 0 radical (unpaired) electrons. The Hall–Kier alpha value is -3.65. The average Bonchev–Trinajstić information content (AvgIpc) is 3.05. The molecule has 5 heteroatoms. The molecule has 0 atom stereocenters. The summed E-state index contributed by atoms with van der Waals surface area (Å²) in [5, 5.41) is 12.2. The predicted molar refractivity (Wildman–Crippen MR) is 122 cm³/mol. The Labute approximate surface area is 182 Å². The van der Waals surface area contributed by atoms with Crippen molar-refractivity contribution >= 4 is 17.7 Å². The third-order valence-corrected chi connectivity index (χ3v) is 5.25. The van der Waals surface area contributed by atoms with E-state index in [1.165, 1.54) is 42.7 Å². The van der Waals surface area contributed by atoms with Gasteiger partial charge in [-0.15, -0.1) is 0 Å². The topological polar surface area (TPSA) is 57.8 Å². The lowest BCUT2D eigenvalue weighted by atomic mass is 10.1. The molecule has 0 saturated heterocycles. The van der Waals surface area contributed by atoms with Gasteiger partial charge in [-0.25, -0.2) is 4.39 Å². The highest BCUT2D eigenvalue weighted by Gasteiger charge is 2.14. The number of hydrogen-bond donors (Lipinski definition) is 1. The van der Waals surface area contributed by atoms with Crippen LogP contribution in [0.1, 0.15) is 42.3 Å². The zero-order valence-electron chi connectivity index (χ0n) is 18.1. The van der Waals surface area contributed by atoms with Crippen molar-refractivity contribution in [1.82, 2.24) is 4.57 Å². The number of nitrogens with zero attached hydrogens (tertiary/aromatic N) is 2. The van der Waals surface area contributed by atoms with E-state index in [0.717, 1.165) is 29.1 Å². The van der Waals surface area contributed by atoms with Crippen LogP contribution in [0.4, 0.5) is 10.1 Å². The minimum Gasteiger partial charge on any atom is -0.321 e. The summed E-state index contributed by atoms with van der Waals surface area (Å²) < 4.78 is 15.2. The molecule has 1 heterocycles. The quantitative estimate of drug-likeness (QED) is 0.373. The molecule has 0 spiro atoms. The maximum absolute atomic E-state index is 13.1. The van der Waals surface area contributed by atoms with Crippen molar-refractivity contribution in [2.75, 3.05) is 5.32 Å². The summed E-state index contributed by atoms with van der Waals surface area (Å²) in [5.74, 6) is -0.918. The molecule has 1 N–H and O–H groups in total. The molecule has 3 aromatic rings. The fourth-order valence-corrected chi connectivity index (χ4v) is 3.56. The van der Waals surface area contributed by atoms with E-state index in [-0.39, 0.29) is 11.4 Å². The second kappa shape index (κ2) is 9.90. The highest BCUT2D eigenvalue weighted by atomic mass is 19.1. The summed E-state index contributed by atoms with van der Waals surface area (Å²) >= 11 is 0. The fraction of sp³-hybridized carbons (Fsp3) is 0.231. The number of carbonyl (C=O) groups excluding carboxylic acids is 1. The molecule has 158 valence electrons. The molecule has 0 unspecified atom stereocenters. The second-order valence-corrected chi connectivity index (χ2v) is 7.56. The van der Waals surface area contributed by atoms with Gasteiger partial charge in [0, 0.05) is 22.8 Å². The zero-order chi connectivity index (χ0) is 22.4. The van der Waals surface area contributed by atoms with Gasteiger partial charge in [0.2, 0.25) is 0 Å². The van der Waals surface area contributed by atoms with Crippen LogP contribution in [-0.4, -0.2) is 10.5 Å². The minimum atomic E-state index is -0.529. The molecule has 0 aliphatic heterocycles. The summed E-state index contributed by atoms with van der Waals surface area (Å²) in [6, 6.07) is 17.9. The van der Waals surface area contributed by atoms with E-state index in [0.29, 0.717) is 5.69 Å². The molecule has 1 aromatic heterocycles. The van der Waals surface area contributed by atoms with Crippen LogP contribution in [0.2, 0.25) is 0 Å². The summed E-state index contributed by atoms with van der Waals surface area (Å²) in [7, 11) is 0. The van der Waals surface area contributed by atoms with Crippen molar-refractivity contribution < 1.29 is 9.18 Å². The lowest BCUT2D eigenvalue weighted by molar-refractivity contribution is -0.112. The molecule has 0 fully saturated rings. The Morgan fingerprint density at radius 3 is 2.42 bits per heavy atom. The molecule has 0 saturated carbocycles. The molecule has 31 heavy (non-hydrogen) atoms. The molecule has 0 bridgehead atoms. The van der Waals surface area contributed by atoms with E-state index in [1.807, 2.05) is 26.0 Å². The van der Waals surface area contributed by atoms with Crippen molar-refractivity contribution in [2.45, 2.75) is 40.0 Å². The standard InChI is InChI=1S/C26H26FN3O/c1-4-5-6-20-7-13-25(14-8-20)30-18(2)15-21(19(30)3)16-22(17-28)26(31)29-24-11-9-23(27)10-12-24/h7-16H,4-6H2,1-3H3,(H,29,31)/b22-16+. The van der Waals surface area contributed by atoms with Crippen LogP contribution in [0.3, 0.4) is 0 Å². The normalized spacial score (nSPS) is 11.3. The van der Waals surface area contributed by atoms with E-state index >= 15 is 0 Å². The number of aromatic nitrogens is 1. The van der Waals surface area contributed by atoms with Gasteiger partial charge in [0.05, 0.1) is 0 Å². The summed E-state index contributed by atoms with van der Waals surface area (Å²) in [6.07, 6.45) is 5.01. The van der Waals surface area contributed by atoms with Crippen LogP contribution in [0.25, 0.3) is 11.8 Å². The van der Waals surface area contributed by atoms with Gasteiger partial charge in [-0.2, -0.15) is 5.26 Å². The molecule has 0 aliphatic carbocycles. The van der Waals surface area contributed by atoms with Gasteiger partial charge in [0.15, 0.2) is 0 Å². The van der Waals surface area contributed by atoms with Crippen molar-refractivity contribution in [2.24, 2.45) is 0 Å². The molecule has 2 aromatic carbocycles. The lowest BCUT2D eigenvalue weighted by Crippen LogP contribution is -2.13. The van der Waals surface area contributed by atoms with Crippen LogP contribution in [-0.2, 0) is 11.2 Å². The summed E-state index contributed by atoms with van der Waals surface area (Å²) in [6.45, 7) is 6.15. The highest BCUT2D eigenvalue weighted by Crippen LogP contribution is 2.24. The number of nitriles is 1. The zero-order valence-corrected chi connectivity index (χ0v) is 18.1. The van der Waals surface area contributed by atoms with Gasteiger partial charge in [-0.1, -0.05) is 25.5 Å². The number of amides is 1. The van der Waals surface area contributed by atoms with Gasteiger partial charge in [-0.3, -0.25) is 4.79 Å². The van der Waals surface area contributed by atoms with Crippen LogP contribution < -0.4 is 5.32 Å². The Kier molecular flexibility index (Phi) is 7.04. The number of carbonyl (C=O) groups is 1. The van der Waals surface area contributed by atoms with Crippen molar-refractivity contribution in [3.8, 4) is 11.8 Å². The molecule has 3 rings (SSSR count).